The fourth-order valence-electron chi connectivity index (χ4n) is 1.64. The monoisotopic (exact) mass is 363 g/mol. The van der Waals surface area contributed by atoms with Gasteiger partial charge in [0.05, 0.1) is 0 Å². The molecule has 11 heteroatoms. The summed E-state index contributed by atoms with van der Waals surface area (Å²) in [5.74, 6) is -5.02. The number of carbonyl (C=O) groups is 1. The van der Waals surface area contributed by atoms with Gasteiger partial charge in [0.25, 0.3) is 0 Å². The smallest absolute Gasteiger partial charge is 0.392 e. The van der Waals surface area contributed by atoms with Gasteiger partial charge in [0.2, 0.25) is 0 Å². The first-order valence-corrected chi connectivity index (χ1v) is 6.61. The van der Waals surface area contributed by atoms with Crippen LogP contribution in [0.25, 0.3) is 11.3 Å². The fourth-order valence-corrected chi connectivity index (χ4v) is 1.64. The molecule has 6 nitrogen and oxygen atoms in total. The molecule has 0 aliphatic heterocycles. The Morgan fingerprint density at radius 1 is 1.20 bits per heavy atom. The lowest BCUT2D eigenvalue weighted by atomic mass is 10.2. The van der Waals surface area contributed by atoms with Crippen molar-refractivity contribution in [1.29, 1.82) is 0 Å². The molecule has 25 heavy (non-hydrogen) atoms. The third kappa shape index (κ3) is 4.11. The molecule has 2 N–H and O–H groups in total. The molecule has 2 amide bonds. The van der Waals surface area contributed by atoms with Gasteiger partial charge in [0.1, 0.15) is 11.4 Å². The van der Waals surface area contributed by atoms with Crippen molar-refractivity contribution in [3.63, 3.8) is 0 Å². The number of hydrogen-bond acceptors (Lipinski definition) is 4. The van der Waals surface area contributed by atoms with Gasteiger partial charge in [0.15, 0.2) is 6.67 Å². The third-order valence-corrected chi connectivity index (χ3v) is 2.92. The Bertz CT molecular complexity index is 811. The van der Waals surface area contributed by atoms with E-state index in [-0.39, 0.29) is 5.76 Å². The molecule has 2 aromatic heterocycles. The van der Waals surface area contributed by atoms with Gasteiger partial charge in [-0.05, 0) is 24.3 Å². The van der Waals surface area contributed by atoms with Crippen LogP contribution in [-0.2, 0) is 0 Å². The van der Waals surface area contributed by atoms with E-state index in [1.807, 2.05) is 0 Å². The van der Waals surface area contributed by atoms with Crippen molar-refractivity contribution >= 4 is 11.7 Å². The van der Waals surface area contributed by atoms with E-state index < -0.39 is 36.0 Å². The number of halogens is 5. The van der Waals surface area contributed by atoms with Gasteiger partial charge in [-0.15, -0.1) is 0 Å². The Kier molecular flexibility index (Phi) is 5.04. The summed E-state index contributed by atoms with van der Waals surface area (Å²) in [5, 5.41) is 2.24. The van der Waals surface area contributed by atoms with E-state index in [0.29, 0.717) is 10.9 Å². The summed E-state index contributed by atoms with van der Waals surface area (Å²) in [6.07, 6.45) is 2.87. The van der Waals surface area contributed by atoms with Gasteiger partial charge in [-0.3, -0.25) is 10.3 Å². The number of pyridine rings is 1. The standard InChI is InChI=1S/C14H10F5N3O3/c15-7-13(16,17)14(18,19)22-12(24)21-9-3-4-10(25-11(9)23)8-2-1-5-20-6-8/h1-6H,7H2,(H2,21,22,24). The molecule has 2 rings (SSSR count). The average Bonchev–Trinajstić information content (AvgIpc) is 2.56. The quantitative estimate of drug-likeness (QED) is 0.632. The number of alkyl halides is 5. The summed E-state index contributed by atoms with van der Waals surface area (Å²) in [6, 6.07) is -1.57. The van der Waals surface area contributed by atoms with E-state index >= 15 is 0 Å². The number of carbonyl (C=O) groups excluding carboxylic acids is 1. The van der Waals surface area contributed by atoms with Crippen molar-refractivity contribution in [2.75, 3.05) is 12.0 Å². The van der Waals surface area contributed by atoms with Crippen molar-refractivity contribution in [1.82, 2.24) is 10.3 Å². The summed E-state index contributed by atoms with van der Waals surface area (Å²) >= 11 is 0. The predicted molar refractivity (Wildman–Crippen MR) is 76.2 cm³/mol. The lowest BCUT2D eigenvalue weighted by Crippen LogP contribution is -2.56. The van der Waals surface area contributed by atoms with Crippen LogP contribution in [0.5, 0.6) is 0 Å². The van der Waals surface area contributed by atoms with Gasteiger partial charge < -0.3 is 9.73 Å². The van der Waals surface area contributed by atoms with Crippen LogP contribution < -0.4 is 16.3 Å². The molecule has 0 aromatic carbocycles. The zero-order chi connectivity index (χ0) is 18.7. The summed E-state index contributed by atoms with van der Waals surface area (Å²) in [4.78, 5) is 26.9. The molecule has 0 unspecified atom stereocenters. The maximum Gasteiger partial charge on any atom is 0.392 e. The van der Waals surface area contributed by atoms with E-state index in [4.69, 9.17) is 4.42 Å². The van der Waals surface area contributed by atoms with Gasteiger partial charge in [0, 0.05) is 18.0 Å². The van der Waals surface area contributed by atoms with Crippen molar-refractivity contribution in [2.24, 2.45) is 0 Å². The van der Waals surface area contributed by atoms with Crippen molar-refractivity contribution in [3.8, 4) is 11.3 Å². The van der Waals surface area contributed by atoms with E-state index in [2.05, 4.69) is 4.98 Å². The highest BCUT2D eigenvalue weighted by Crippen LogP contribution is 2.32. The van der Waals surface area contributed by atoms with Crippen LogP contribution in [0.3, 0.4) is 0 Å². The number of amides is 2. The maximum atomic E-state index is 13.1. The second kappa shape index (κ2) is 6.87. The molecule has 0 atom stereocenters. The Labute approximate surface area is 136 Å². The molecule has 0 saturated carbocycles. The van der Waals surface area contributed by atoms with Crippen LogP contribution in [0.2, 0.25) is 0 Å². The highest BCUT2D eigenvalue weighted by molar-refractivity contribution is 5.89. The number of hydrogen-bond donors (Lipinski definition) is 2. The van der Waals surface area contributed by atoms with Crippen LogP contribution in [-0.4, -0.2) is 29.7 Å². The molecule has 0 aliphatic rings. The molecular formula is C14H10F5N3O3. The average molecular weight is 363 g/mol. The first kappa shape index (κ1) is 18.4. The van der Waals surface area contributed by atoms with Crippen LogP contribution in [0.15, 0.2) is 45.9 Å². The van der Waals surface area contributed by atoms with Gasteiger partial charge in [-0.25, -0.2) is 14.0 Å². The zero-order valence-corrected chi connectivity index (χ0v) is 12.2. The van der Waals surface area contributed by atoms with Gasteiger partial charge in [-0.1, -0.05) is 0 Å². The van der Waals surface area contributed by atoms with Gasteiger partial charge >= 0.3 is 23.6 Å². The minimum absolute atomic E-state index is 0.0818. The number of rotatable bonds is 5. The van der Waals surface area contributed by atoms with E-state index in [9.17, 15) is 31.5 Å². The SMILES string of the molecule is O=C(Nc1ccc(-c2cccnc2)oc1=O)NC(F)(F)C(F)(F)CF. The molecule has 0 bridgehead atoms. The summed E-state index contributed by atoms with van der Waals surface area (Å²) < 4.78 is 68.4. The number of nitrogens with zero attached hydrogens (tertiary/aromatic N) is 1. The highest BCUT2D eigenvalue weighted by Gasteiger charge is 2.57. The highest BCUT2D eigenvalue weighted by atomic mass is 19.3. The third-order valence-electron chi connectivity index (χ3n) is 2.92. The van der Waals surface area contributed by atoms with Crippen LogP contribution >= 0.6 is 0 Å². The van der Waals surface area contributed by atoms with Gasteiger partial charge in [-0.2, -0.15) is 17.6 Å². The Hall–Kier alpha value is -2.98. The van der Waals surface area contributed by atoms with E-state index in [0.717, 1.165) is 6.07 Å². The number of anilines is 1. The second-order valence-corrected chi connectivity index (χ2v) is 4.73. The summed E-state index contributed by atoms with van der Waals surface area (Å²) in [5.41, 5.74) is -1.26. The predicted octanol–water partition coefficient (Wildman–Crippen LogP) is 3.02. The lowest BCUT2D eigenvalue weighted by Gasteiger charge is -2.24. The Morgan fingerprint density at radius 3 is 2.48 bits per heavy atom. The minimum Gasteiger partial charge on any atom is -0.421 e. The first-order valence-electron chi connectivity index (χ1n) is 6.61. The van der Waals surface area contributed by atoms with Crippen molar-refractivity contribution < 1.29 is 31.2 Å². The molecule has 2 aromatic rings. The van der Waals surface area contributed by atoms with Crippen LogP contribution in [0.1, 0.15) is 0 Å². The Balaban J connectivity index is 2.13. The number of urea groups is 1. The van der Waals surface area contributed by atoms with Crippen LogP contribution in [0.4, 0.5) is 32.4 Å². The molecule has 0 saturated heterocycles. The number of nitrogens with one attached hydrogen (secondary N) is 2. The van der Waals surface area contributed by atoms with Crippen molar-refractivity contribution in [3.05, 3.63) is 47.1 Å². The fraction of sp³-hybridized carbons (Fsp3) is 0.214. The largest absolute Gasteiger partial charge is 0.421 e. The van der Waals surface area contributed by atoms with Crippen LogP contribution in [0, 0.1) is 0 Å². The maximum absolute atomic E-state index is 13.1. The molecule has 2 heterocycles. The molecule has 0 fully saturated rings. The lowest BCUT2D eigenvalue weighted by molar-refractivity contribution is -0.224. The molecule has 0 spiro atoms. The van der Waals surface area contributed by atoms with E-state index in [1.54, 1.807) is 17.4 Å². The topological polar surface area (TPSA) is 84.2 Å². The van der Waals surface area contributed by atoms with E-state index in [1.165, 1.54) is 18.5 Å². The summed E-state index contributed by atoms with van der Waals surface area (Å²) in [7, 11) is 0. The van der Waals surface area contributed by atoms with Crippen molar-refractivity contribution in [2.45, 2.75) is 12.0 Å². The normalized spacial score (nSPS) is 11.9. The zero-order valence-electron chi connectivity index (χ0n) is 12.2. The second-order valence-electron chi connectivity index (χ2n) is 4.73. The summed E-state index contributed by atoms with van der Waals surface area (Å²) in [6.45, 7) is -2.68. The molecular weight excluding hydrogens is 353 g/mol. The Morgan fingerprint density at radius 2 is 1.92 bits per heavy atom. The molecule has 0 aliphatic carbocycles. The molecule has 134 valence electrons. The first-order chi connectivity index (χ1) is 11.7. The minimum atomic E-state index is -5.15. The number of aromatic nitrogens is 1. The molecule has 0 radical (unpaired) electrons.